The lowest BCUT2D eigenvalue weighted by Crippen LogP contribution is -2.47. The molecule has 3 amide bonds. The number of rotatable bonds is 5. The Balaban J connectivity index is 1.42. The van der Waals surface area contributed by atoms with Crippen molar-refractivity contribution >= 4 is 29.5 Å². The van der Waals surface area contributed by atoms with Crippen LogP contribution in [-0.2, 0) is 4.79 Å². The monoisotopic (exact) mass is 374 g/mol. The Labute approximate surface area is 156 Å². The van der Waals surface area contributed by atoms with Gasteiger partial charge in [-0.2, -0.15) is 5.26 Å². The minimum absolute atomic E-state index is 0.0126. The van der Waals surface area contributed by atoms with E-state index in [9.17, 15) is 9.59 Å². The first-order valence-electron chi connectivity index (χ1n) is 8.72. The van der Waals surface area contributed by atoms with Gasteiger partial charge in [-0.15, -0.1) is 0 Å². The third-order valence-corrected chi connectivity index (χ3v) is 6.16. The zero-order valence-corrected chi connectivity index (χ0v) is 15.4. The fraction of sp³-hybridized carbons (Fsp3) is 0.588. The van der Waals surface area contributed by atoms with Crippen molar-refractivity contribution in [2.75, 3.05) is 11.5 Å². The number of anilines is 1. The highest BCUT2D eigenvalue weighted by atomic mass is 32.2. The van der Waals surface area contributed by atoms with E-state index in [1.54, 1.807) is 0 Å². The van der Waals surface area contributed by atoms with Crippen LogP contribution in [0.5, 0.6) is 0 Å². The van der Waals surface area contributed by atoms with Gasteiger partial charge in [0.1, 0.15) is 17.5 Å². The van der Waals surface area contributed by atoms with Crippen LogP contribution in [0, 0.1) is 29.1 Å². The Kier molecular flexibility index (Phi) is 5.61. The molecule has 138 valence electrons. The van der Waals surface area contributed by atoms with Gasteiger partial charge < -0.3 is 11.1 Å². The maximum absolute atomic E-state index is 12.0. The molecule has 0 spiro atoms. The second-order valence-corrected chi connectivity index (χ2v) is 7.94. The maximum atomic E-state index is 12.0. The van der Waals surface area contributed by atoms with Crippen LogP contribution in [0.25, 0.3) is 0 Å². The molecule has 8 nitrogen and oxygen atoms in total. The van der Waals surface area contributed by atoms with E-state index in [2.05, 4.69) is 20.6 Å². The van der Waals surface area contributed by atoms with Crippen molar-refractivity contribution in [3.63, 3.8) is 0 Å². The Morgan fingerprint density at radius 3 is 2.88 bits per heavy atom. The molecular formula is C17H22N6O2S. The molecule has 26 heavy (non-hydrogen) atoms. The van der Waals surface area contributed by atoms with Gasteiger partial charge in [0, 0.05) is 6.04 Å². The van der Waals surface area contributed by atoms with Crippen LogP contribution in [0.4, 0.5) is 10.6 Å². The predicted octanol–water partition coefficient (Wildman–Crippen LogP) is 1.67. The number of fused-ring (bicyclic) bond motifs is 2. The van der Waals surface area contributed by atoms with Crippen molar-refractivity contribution in [1.29, 1.82) is 5.26 Å². The summed E-state index contributed by atoms with van der Waals surface area (Å²) in [4.78, 5) is 31.9. The number of nitrogens with one attached hydrogen (secondary N) is 2. The number of hydrogen-bond acceptors (Lipinski definition) is 7. The largest absolute Gasteiger partial charge is 0.382 e. The number of amides is 3. The molecule has 9 heteroatoms. The number of carbonyl (C=O) groups is 2. The first-order chi connectivity index (χ1) is 12.5. The number of nitrogens with two attached hydrogens (primary N) is 1. The summed E-state index contributed by atoms with van der Waals surface area (Å²) in [6, 6.07) is 1.47. The van der Waals surface area contributed by atoms with Crippen LogP contribution in [-0.4, -0.2) is 33.7 Å². The number of carbonyl (C=O) groups excluding carboxylic acids is 2. The average Bonchev–Trinajstić information content (AvgIpc) is 3.23. The molecule has 4 N–H and O–H groups in total. The van der Waals surface area contributed by atoms with E-state index in [4.69, 9.17) is 11.0 Å². The molecule has 2 bridgehead atoms. The van der Waals surface area contributed by atoms with Crippen molar-refractivity contribution in [3.8, 4) is 6.07 Å². The molecular weight excluding hydrogens is 352 g/mol. The summed E-state index contributed by atoms with van der Waals surface area (Å²) in [5, 5.41) is 14.3. The van der Waals surface area contributed by atoms with Crippen molar-refractivity contribution in [1.82, 2.24) is 20.6 Å². The highest BCUT2D eigenvalue weighted by Crippen LogP contribution is 2.49. The van der Waals surface area contributed by atoms with Crippen LogP contribution in [0.15, 0.2) is 11.4 Å². The SMILES string of the molecule is C[C@@H](NC(=O)NC(=O)CSc1ncc(C#N)c(N)n1)[C@H]1C[C@H]2CC[C@H]1C2. The topological polar surface area (TPSA) is 134 Å². The summed E-state index contributed by atoms with van der Waals surface area (Å²) in [5.41, 5.74) is 5.80. The lowest BCUT2D eigenvalue weighted by molar-refractivity contribution is -0.117. The van der Waals surface area contributed by atoms with E-state index >= 15 is 0 Å². The molecule has 0 saturated heterocycles. The summed E-state index contributed by atoms with van der Waals surface area (Å²) < 4.78 is 0. The Morgan fingerprint density at radius 1 is 1.46 bits per heavy atom. The molecule has 4 atom stereocenters. The molecule has 0 aromatic carbocycles. The highest BCUT2D eigenvalue weighted by Gasteiger charge is 2.42. The van der Waals surface area contributed by atoms with Crippen LogP contribution < -0.4 is 16.4 Å². The van der Waals surface area contributed by atoms with Crippen molar-refractivity contribution < 1.29 is 9.59 Å². The summed E-state index contributed by atoms with van der Waals surface area (Å²) in [6.07, 6.45) is 6.34. The minimum atomic E-state index is -0.467. The van der Waals surface area contributed by atoms with E-state index in [1.165, 1.54) is 31.9 Å². The molecule has 0 aliphatic heterocycles. The first-order valence-corrected chi connectivity index (χ1v) is 9.70. The van der Waals surface area contributed by atoms with Crippen molar-refractivity contribution in [3.05, 3.63) is 11.8 Å². The number of nitrogens with zero attached hydrogens (tertiary/aromatic N) is 3. The molecule has 1 aromatic rings. The van der Waals surface area contributed by atoms with Gasteiger partial charge in [-0.3, -0.25) is 10.1 Å². The van der Waals surface area contributed by atoms with Gasteiger partial charge in [-0.05, 0) is 43.9 Å². The van der Waals surface area contributed by atoms with Crippen molar-refractivity contribution in [2.24, 2.45) is 17.8 Å². The smallest absolute Gasteiger partial charge is 0.321 e. The first kappa shape index (κ1) is 18.5. The van der Waals surface area contributed by atoms with Gasteiger partial charge in [0.2, 0.25) is 5.91 Å². The molecule has 1 heterocycles. The van der Waals surface area contributed by atoms with Crippen LogP contribution in [0.1, 0.15) is 38.2 Å². The summed E-state index contributed by atoms with van der Waals surface area (Å²) >= 11 is 1.05. The van der Waals surface area contributed by atoms with Gasteiger partial charge in [0.25, 0.3) is 0 Å². The van der Waals surface area contributed by atoms with E-state index in [0.29, 0.717) is 11.8 Å². The average molecular weight is 374 g/mol. The van der Waals surface area contributed by atoms with Crippen molar-refractivity contribution in [2.45, 2.75) is 43.8 Å². The van der Waals surface area contributed by atoms with E-state index in [0.717, 1.165) is 17.7 Å². The van der Waals surface area contributed by atoms with Gasteiger partial charge >= 0.3 is 6.03 Å². The van der Waals surface area contributed by atoms with Gasteiger partial charge in [-0.1, -0.05) is 18.2 Å². The molecule has 0 radical (unpaired) electrons. The van der Waals surface area contributed by atoms with E-state index in [1.807, 2.05) is 13.0 Å². The fourth-order valence-corrected chi connectivity index (χ4v) is 4.71. The number of imide groups is 1. The molecule has 2 saturated carbocycles. The third kappa shape index (κ3) is 4.25. The Bertz CT molecular complexity index is 749. The Hall–Kier alpha value is -2.34. The number of thioether (sulfide) groups is 1. The Morgan fingerprint density at radius 2 is 2.27 bits per heavy atom. The van der Waals surface area contributed by atoms with Crippen LogP contribution >= 0.6 is 11.8 Å². The second kappa shape index (κ2) is 7.91. The zero-order chi connectivity index (χ0) is 18.7. The zero-order valence-electron chi connectivity index (χ0n) is 14.6. The van der Waals surface area contributed by atoms with Crippen LogP contribution in [0.2, 0.25) is 0 Å². The molecule has 1 aromatic heterocycles. The predicted molar refractivity (Wildman–Crippen MR) is 97.0 cm³/mol. The quantitative estimate of drug-likeness (QED) is 0.527. The molecule has 2 aliphatic carbocycles. The fourth-order valence-electron chi connectivity index (χ4n) is 4.08. The maximum Gasteiger partial charge on any atom is 0.321 e. The van der Waals surface area contributed by atoms with Gasteiger partial charge in [0.05, 0.1) is 11.9 Å². The normalized spacial score (nSPS) is 24.7. The van der Waals surface area contributed by atoms with Gasteiger partial charge in [0.15, 0.2) is 5.16 Å². The summed E-state index contributed by atoms with van der Waals surface area (Å²) in [6.45, 7) is 2.01. The lowest BCUT2D eigenvalue weighted by atomic mass is 9.84. The second-order valence-electron chi connectivity index (χ2n) is 7.00. The molecule has 2 aliphatic rings. The molecule has 0 unspecified atom stereocenters. The van der Waals surface area contributed by atoms with E-state index < -0.39 is 11.9 Å². The summed E-state index contributed by atoms with van der Waals surface area (Å²) in [7, 11) is 0. The number of hydrogen-bond donors (Lipinski definition) is 3. The molecule has 2 fully saturated rings. The van der Waals surface area contributed by atoms with E-state index in [-0.39, 0.29) is 28.3 Å². The third-order valence-electron chi connectivity index (χ3n) is 5.30. The standard InChI is InChI=1S/C17H22N6O2S/c1-9(13-5-10-2-3-11(13)4-10)21-16(25)22-14(24)8-26-17-20-7-12(6-18)15(19)23-17/h7,9-11,13H,2-5,8H2,1H3,(H2,19,20,23)(H2,21,22,24,25)/t9-,10+,11+,13-/m1/s1. The number of urea groups is 1. The van der Waals surface area contributed by atoms with Crippen LogP contribution in [0.3, 0.4) is 0 Å². The number of nitrogen functional groups attached to an aromatic ring is 1. The lowest BCUT2D eigenvalue weighted by Gasteiger charge is -2.28. The minimum Gasteiger partial charge on any atom is -0.382 e. The highest BCUT2D eigenvalue weighted by molar-refractivity contribution is 7.99. The molecule has 3 rings (SSSR count). The van der Waals surface area contributed by atoms with Gasteiger partial charge in [-0.25, -0.2) is 14.8 Å². The number of nitriles is 1. The number of aromatic nitrogens is 2. The summed E-state index contributed by atoms with van der Waals surface area (Å²) in [5.74, 6) is 1.66.